The molecule has 2 aliphatic heterocycles. The predicted molar refractivity (Wildman–Crippen MR) is 118 cm³/mol. The summed E-state index contributed by atoms with van der Waals surface area (Å²) in [7, 11) is 4.26. The lowest BCUT2D eigenvalue weighted by molar-refractivity contribution is 0.0992. The molecule has 1 aromatic carbocycles. The molecule has 6 heteroatoms. The first-order valence-corrected chi connectivity index (χ1v) is 9.56. The molecule has 2 aliphatic rings. The van der Waals surface area contributed by atoms with Crippen molar-refractivity contribution >= 4 is 29.9 Å². The molecular weight excluding hydrogens is 439 g/mol. The molecule has 0 amide bonds. The van der Waals surface area contributed by atoms with Crippen LogP contribution in [0.2, 0.25) is 0 Å². The van der Waals surface area contributed by atoms with E-state index in [1.807, 2.05) is 0 Å². The van der Waals surface area contributed by atoms with Crippen LogP contribution in [0.25, 0.3) is 0 Å². The fourth-order valence-corrected chi connectivity index (χ4v) is 3.78. The quantitative estimate of drug-likeness (QED) is 0.364. The fourth-order valence-electron chi connectivity index (χ4n) is 3.78. The first-order valence-electron chi connectivity index (χ1n) is 9.56. The molecule has 2 bridgehead atoms. The van der Waals surface area contributed by atoms with Gasteiger partial charge < -0.3 is 20.3 Å². The van der Waals surface area contributed by atoms with Crippen LogP contribution >= 0.6 is 24.0 Å². The van der Waals surface area contributed by atoms with Crippen LogP contribution in [-0.4, -0.2) is 62.3 Å². The van der Waals surface area contributed by atoms with E-state index in [4.69, 9.17) is 9.73 Å². The van der Waals surface area contributed by atoms with Crippen LogP contribution in [0.5, 0.6) is 0 Å². The molecule has 0 aromatic heterocycles. The molecule has 0 saturated carbocycles. The fraction of sp³-hybridized carbons (Fsp3) is 0.650. The Balaban J connectivity index is 0.00000243. The molecule has 3 rings (SSSR count). The summed E-state index contributed by atoms with van der Waals surface area (Å²) in [6, 6.07) is 11.4. The molecule has 26 heavy (non-hydrogen) atoms. The van der Waals surface area contributed by atoms with E-state index in [-0.39, 0.29) is 24.0 Å². The maximum atomic E-state index is 5.95. The Morgan fingerprint density at radius 2 is 2.04 bits per heavy atom. The van der Waals surface area contributed by atoms with Gasteiger partial charge in [-0.1, -0.05) is 30.3 Å². The van der Waals surface area contributed by atoms with E-state index in [9.17, 15) is 0 Å². The number of guanidine groups is 1. The van der Waals surface area contributed by atoms with E-state index in [1.54, 1.807) is 0 Å². The Morgan fingerprint density at radius 3 is 2.62 bits per heavy atom. The second-order valence-electron chi connectivity index (χ2n) is 7.39. The predicted octanol–water partition coefficient (Wildman–Crippen LogP) is 2.65. The molecule has 4 unspecified atom stereocenters. The number of benzene rings is 1. The summed E-state index contributed by atoms with van der Waals surface area (Å²) in [5.74, 6) is 0.920. The van der Waals surface area contributed by atoms with Crippen LogP contribution in [0, 0.1) is 0 Å². The van der Waals surface area contributed by atoms with Gasteiger partial charge >= 0.3 is 0 Å². The number of hydrogen-bond donors (Lipinski definition) is 2. The topological polar surface area (TPSA) is 48.9 Å². The minimum absolute atomic E-state index is 0. The van der Waals surface area contributed by atoms with Gasteiger partial charge in [-0.15, -0.1) is 24.0 Å². The Hall–Kier alpha value is -0.860. The van der Waals surface area contributed by atoms with Gasteiger partial charge in [0.15, 0.2) is 5.96 Å². The number of ether oxygens (including phenoxy) is 1. The molecule has 146 valence electrons. The molecule has 2 saturated heterocycles. The van der Waals surface area contributed by atoms with Crippen molar-refractivity contribution in [2.45, 2.75) is 56.9 Å². The maximum Gasteiger partial charge on any atom is 0.191 e. The average molecular weight is 472 g/mol. The van der Waals surface area contributed by atoms with E-state index in [0.29, 0.717) is 24.3 Å². The largest absolute Gasteiger partial charge is 0.373 e. The minimum atomic E-state index is 0. The summed E-state index contributed by atoms with van der Waals surface area (Å²) >= 11 is 0. The number of likely N-dealkylation sites (N-methyl/N-ethyl adjacent to an activating group) is 1. The third kappa shape index (κ3) is 5.82. The smallest absolute Gasteiger partial charge is 0.191 e. The van der Waals surface area contributed by atoms with Crippen molar-refractivity contribution in [2.24, 2.45) is 4.99 Å². The van der Waals surface area contributed by atoms with Gasteiger partial charge in [0.1, 0.15) is 0 Å². The minimum Gasteiger partial charge on any atom is -0.373 e. The highest BCUT2D eigenvalue weighted by molar-refractivity contribution is 14.0. The van der Waals surface area contributed by atoms with Gasteiger partial charge in [0.25, 0.3) is 0 Å². The summed E-state index contributed by atoms with van der Waals surface area (Å²) in [6.07, 6.45) is 5.33. The third-order valence-corrected chi connectivity index (χ3v) is 5.28. The normalized spacial score (nSPS) is 25.8. The first-order chi connectivity index (χ1) is 12.2. The van der Waals surface area contributed by atoms with Crippen molar-refractivity contribution in [2.75, 3.05) is 27.2 Å². The van der Waals surface area contributed by atoms with Gasteiger partial charge in [-0.05, 0) is 52.3 Å². The Morgan fingerprint density at radius 1 is 1.27 bits per heavy atom. The molecule has 0 spiro atoms. The van der Waals surface area contributed by atoms with Crippen molar-refractivity contribution < 1.29 is 4.74 Å². The molecule has 2 fully saturated rings. The summed E-state index contributed by atoms with van der Waals surface area (Å²) in [6.45, 7) is 3.76. The Kier molecular flexibility index (Phi) is 8.63. The number of aliphatic imine (C=N–C) groups is 1. The summed E-state index contributed by atoms with van der Waals surface area (Å²) in [4.78, 5) is 7.14. The number of nitrogens with zero attached hydrogens (tertiary/aromatic N) is 2. The average Bonchev–Trinajstić information content (AvgIpc) is 3.22. The van der Waals surface area contributed by atoms with Gasteiger partial charge in [-0.3, -0.25) is 4.99 Å². The van der Waals surface area contributed by atoms with Crippen LogP contribution in [-0.2, 0) is 11.2 Å². The lowest BCUT2D eigenvalue weighted by Crippen LogP contribution is -2.48. The lowest BCUT2D eigenvalue weighted by Gasteiger charge is -2.25. The van der Waals surface area contributed by atoms with Gasteiger partial charge in [0, 0.05) is 12.6 Å². The van der Waals surface area contributed by atoms with E-state index >= 15 is 0 Å². The number of rotatable bonds is 7. The molecular formula is C20H33IN4O. The summed E-state index contributed by atoms with van der Waals surface area (Å²) in [5.41, 5.74) is 1.36. The monoisotopic (exact) mass is 472 g/mol. The standard InChI is InChI=1S/C20H32N4O.HI/c1-4-21-20(23-18-13-17-10-11-19(18)25-17)22-14-16(24(2)3)12-15-8-6-5-7-9-15;/h5-9,16-19H,4,10-14H2,1-3H3,(H2,21,22,23);1H. The van der Waals surface area contributed by atoms with Crippen LogP contribution < -0.4 is 10.6 Å². The first kappa shape index (κ1) is 21.4. The van der Waals surface area contributed by atoms with Gasteiger partial charge in [0.2, 0.25) is 0 Å². The highest BCUT2D eigenvalue weighted by Crippen LogP contribution is 2.34. The van der Waals surface area contributed by atoms with E-state index in [1.165, 1.54) is 18.4 Å². The number of fused-ring (bicyclic) bond motifs is 2. The second kappa shape index (κ2) is 10.5. The SMILES string of the molecule is CCNC(=NCC(Cc1ccccc1)N(C)C)NC1CC2CCC1O2.I. The van der Waals surface area contributed by atoms with Crippen molar-refractivity contribution in [1.82, 2.24) is 15.5 Å². The molecule has 2 N–H and O–H groups in total. The zero-order chi connectivity index (χ0) is 17.6. The highest BCUT2D eigenvalue weighted by Gasteiger charge is 2.41. The summed E-state index contributed by atoms with van der Waals surface area (Å²) < 4.78 is 5.95. The van der Waals surface area contributed by atoms with Crippen LogP contribution in [0.4, 0.5) is 0 Å². The van der Waals surface area contributed by atoms with Crippen LogP contribution in [0.15, 0.2) is 35.3 Å². The lowest BCUT2D eigenvalue weighted by atomic mass is 9.96. The third-order valence-electron chi connectivity index (χ3n) is 5.28. The van der Waals surface area contributed by atoms with Crippen molar-refractivity contribution in [3.63, 3.8) is 0 Å². The van der Waals surface area contributed by atoms with Crippen molar-refractivity contribution in [1.29, 1.82) is 0 Å². The highest BCUT2D eigenvalue weighted by atomic mass is 127. The molecule has 4 atom stereocenters. The molecule has 1 aromatic rings. The van der Waals surface area contributed by atoms with Gasteiger partial charge in [-0.25, -0.2) is 0 Å². The molecule has 2 heterocycles. The number of hydrogen-bond acceptors (Lipinski definition) is 3. The van der Waals surface area contributed by atoms with E-state index in [0.717, 1.165) is 31.9 Å². The Labute approximate surface area is 175 Å². The van der Waals surface area contributed by atoms with Crippen LogP contribution in [0.1, 0.15) is 31.7 Å². The zero-order valence-electron chi connectivity index (χ0n) is 16.1. The van der Waals surface area contributed by atoms with E-state index in [2.05, 4.69) is 66.9 Å². The van der Waals surface area contributed by atoms with Gasteiger partial charge in [-0.2, -0.15) is 0 Å². The van der Waals surface area contributed by atoms with Crippen molar-refractivity contribution in [3.8, 4) is 0 Å². The molecule has 0 radical (unpaired) electrons. The zero-order valence-corrected chi connectivity index (χ0v) is 18.5. The summed E-state index contributed by atoms with van der Waals surface area (Å²) in [5, 5.41) is 6.99. The van der Waals surface area contributed by atoms with Crippen molar-refractivity contribution in [3.05, 3.63) is 35.9 Å². The molecule has 0 aliphatic carbocycles. The second-order valence-corrected chi connectivity index (χ2v) is 7.39. The molecule has 5 nitrogen and oxygen atoms in total. The maximum absolute atomic E-state index is 5.95. The number of nitrogens with one attached hydrogen (secondary N) is 2. The number of halogens is 1. The van der Waals surface area contributed by atoms with E-state index < -0.39 is 0 Å². The van der Waals surface area contributed by atoms with Gasteiger partial charge in [0.05, 0.1) is 24.8 Å². The Bertz CT molecular complexity index is 566. The van der Waals surface area contributed by atoms with Crippen LogP contribution in [0.3, 0.4) is 0 Å².